The first kappa shape index (κ1) is 19.8. The number of aromatic hydroxyl groups is 1. The monoisotopic (exact) mass is 393 g/mol. The van der Waals surface area contributed by atoms with E-state index in [4.69, 9.17) is 23.2 Å². The zero-order valence-corrected chi connectivity index (χ0v) is 15.4. The highest BCUT2D eigenvalue weighted by molar-refractivity contribution is 6.31. The van der Waals surface area contributed by atoms with Gasteiger partial charge in [0, 0.05) is 22.3 Å². The molecule has 0 aliphatic heterocycles. The summed E-state index contributed by atoms with van der Waals surface area (Å²) < 4.78 is 0. The summed E-state index contributed by atoms with van der Waals surface area (Å²) in [5, 5.41) is 17.2. The second kappa shape index (κ2) is 9.22. The van der Waals surface area contributed by atoms with Crippen LogP contribution in [0.2, 0.25) is 10.0 Å². The van der Waals surface area contributed by atoms with Crippen molar-refractivity contribution in [1.82, 2.24) is 10.7 Å². The van der Waals surface area contributed by atoms with E-state index in [1.807, 2.05) is 12.1 Å². The standard InChI is InChI=1S/C18H17Cl2N3O3/c1-11(8-17(25)21-10-12-2-4-13(19)5-3-12)22-23-18(26)15-9-14(20)6-7-16(15)24/h2-7,9,24H,8,10H2,1H3,(H,21,25)(H,23,26). The Morgan fingerprint density at radius 1 is 1.08 bits per heavy atom. The maximum Gasteiger partial charge on any atom is 0.275 e. The number of carbonyl (C=O) groups is 2. The molecule has 0 aliphatic rings. The van der Waals surface area contributed by atoms with Crippen LogP contribution in [-0.4, -0.2) is 22.6 Å². The van der Waals surface area contributed by atoms with E-state index in [9.17, 15) is 14.7 Å². The zero-order chi connectivity index (χ0) is 19.1. The van der Waals surface area contributed by atoms with Crippen LogP contribution in [-0.2, 0) is 11.3 Å². The molecule has 8 heteroatoms. The molecule has 0 heterocycles. The first-order valence-electron chi connectivity index (χ1n) is 7.68. The number of hydrazone groups is 1. The fourth-order valence-electron chi connectivity index (χ4n) is 2.03. The van der Waals surface area contributed by atoms with E-state index in [1.165, 1.54) is 18.2 Å². The Kier molecular flexibility index (Phi) is 7.00. The molecule has 0 saturated heterocycles. The molecule has 2 aromatic rings. The molecule has 0 aromatic heterocycles. The Morgan fingerprint density at radius 2 is 1.73 bits per heavy atom. The Hall–Kier alpha value is -2.57. The number of halogens is 2. The van der Waals surface area contributed by atoms with Crippen molar-refractivity contribution in [2.45, 2.75) is 19.9 Å². The minimum atomic E-state index is -0.620. The van der Waals surface area contributed by atoms with Gasteiger partial charge >= 0.3 is 0 Å². The van der Waals surface area contributed by atoms with Gasteiger partial charge in [-0.15, -0.1) is 0 Å². The maximum atomic E-state index is 12.0. The van der Waals surface area contributed by atoms with E-state index in [2.05, 4.69) is 15.8 Å². The van der Waals surface area contributed by atoms with E-state index in [0.717, 1.165) is 5.56 Å². The predicted molar refractivity (Wildman–Crippen MR) is 102 cm³/mol. The van der Waals surface area contributed by atoms with Crippen LogP contribution < -0.4 is 10.7 Å². The molecule has 2 amide bonds. The quantitative estimate of drug-likeness (QED) is 0.517. The minimum Gasteiger partial charge on any atom is -0.507 e. The second-order valence-corrected chi connectivity index (χ2v) is 6.40. The van der Waals surface area contributed by atoms with Gasteiger partial charge in [-0.2, -0.15) is 5.10 Å². The molecule has 3 N–H and O–H groups in total. The normalized spacial score (nSPS) is 11.1. The number of nitrogens with zero attached hydrogens (tertiary/aromatic N) is 1. The zero-order valence-electron chi connectivity index (χ0n) is 13.9. The molecule has 0 unspecified atom stereocenters. The predicted octanol–water partition coefficient (Wildman–Crippen LogP) is 3.51. The molecule has 0 bridgehead atoms. The Balaban J connectivity index is 1.85. The summed E-state index contributed by atoms with van der Waals surface area (Å²) in [6.07, 6.45) is 0.0232. The average molecular weight is 394 g/mol. The molecule has 0 radical (unpaired) electrons. The molecule has 136 valence electrons. The van der Waals surface area contributed by atoms with Gasteiger partial charge in [-0.3, -0.25) is 9.59 Å². The van der Waals surface area contributed by atoms with E-state index in [1.54, 1.807) is 19.1 Å². The highest BCUT2D eigenvalue weighted by Gasteiger charge is 2.11. The van der Waals surface area contributed by atoms with Crippen LogP contribution >= 0.6 is 23.2 Å². The third-order valence-corrected chi connectivity index (χ3v) is 3.86. The van der Waals surface area contributed by atoms with Gasteiger partial charge in [0.1, 0.15) is 5.75 Å². The molecule has 0 spiro atoms. The van der Waals surface area contributed by atoms with Crippen molar-refractivity contribution < 1.29 is 14.7 Å². The lowest BCUT2D eigenvalue weighted by Gasteiger charge is -2.07. The molecule has 0 atom stereocenters. The van der Waals surface area contributed by atoms with Gasteiger partial charge in [-0.05, 0) is 42.8 Å². The highest BCUT2D eigenvalue weighted by atomic mass is 35.5. The van der Waals surface area contributed by atoms with Gasteiger partial charge in [0.15, 0.2) is 0 Å². The number of phenolic OH excluding ortho intramolecular Hbond substituents is 1. The van der Waals surface area contributed by atoms with E-state index in [-0.39, 0.29) is 23.6 Å². The Labute approximate surface area is 160 Å². The van der Waals surface area contributed by atoms with Gasteiger partial charge < -0.3 is 10.4 Å². The molecule has 2 aromatic carbocycles. The van der Waals surface area contributed by atoms with Crippen molar-refractivity contribution in [2.24, 2.45) is 5.10 Å². The topological polar surface area (TPSA) is 90.8 Å². The van der Waals surface area contributed by atoms with Gasteiger partial charge in [-0.25, -0.2) is 5.43 Å². The van der Waals surface area contributed by atoms with Crippen LogP contribution in [0, 0.1) is 0 Å². The van der Waals surface area contributed by atoms with Crippen LogP contribution in [0.1, 0.15) is 29.3 Å². The van der Waals surface area contributed by atoms with Crippen molar-refractivity contribution >= 4 is 40.7 Å². The summed E-state index contributed by atoms with van der Waals surface area (Å²) in [4.78, 5) is 23.9. The van der Waals surface area contributed by atoms with Gasteiger partial charge in [0.2, 0.25) is 5.91 Å². The Bertz CT molecular complexity index is 836. The smallest absolute Gasteiger partial charge is 0.275 e. The van der Waals surface area contributed by atoms with Crippen molar-refractivity contribution in [3.05, 3.63) is 63.6 Å². The Morgan fingerprint density at radius 3 is 2.42 bits per heavy atom. The molecule has 6 nitrogen and oxygen atoms in total. The van der Waals surface area contributed by atoms with Crippen LogP contribution in [0.3, 0.4) is 0 Å². The van der Waals surface area contributed by atoms with Gasteiger partial charge in [0.25, 0.3) is 5.91 Å². The number of phenols is 1. The summed E-state index contributed by atoms with van der Waals surface area (Å²) in [6, 6.07) is 11.2. The lowest BCUT2D eigenvalue weighted by molar-refractivity contribution is -0.120. The number of hydrogen-bond donors (Lipinski definition) is 3. The summed E-state index contributed by atoms with van der Waals surface area (Å²) in [7, 11) is 0. The van der Waals surface area contributed by atoms with Crippen molar-refractivity contribution in [2.75, 3.05) is 0 Å². The SMILES string of the molecule is CC(CC(=O)NCc1ccc(Cl)cc1)=NNC(=O)c1cc(Cl)ccc1O. The number of rotatable bonds is 6. The largest absolute Gasteiger partial charge is 0.507 e. The molecule has 2 rings (SSSR count). The number of nitrogens with one attached hydrogen (secondary N) is 2. The lowest BCUT2D eigenvalue weighted by Crippen LogP contribution is -2.26. The summed E-state index contributed by atoms with van der Waals surface area (Å²) in [6.45, 7) is 1.98. The molecular weight excluding hydrogens is 377 g/mol. The lowest BCUT2D eigenvalue weighted by atomic mass is 10.2. The fraction of sp³-hybridized carbons (Fsp3) is 0.167. The van der Waals surface area contributed by atoms with Crippen molar-refractivity contribution in [3.63, 3.8) is 0 Å². The van der Waals surface area contributed by atoms with Crippen LogP contribution in [0.25, 0.3) is 0 Å². The third kappa shape index (κ3) is 6.06. The number of carbonyl (C=O) groups excluding carboxylic acids is 2. The summed E-state index contributed by atoms with van der Waals surface area (Å²) >= 11 is 11.6. The maximum absolute atomic E-state index is 12.0. The fourth-order valence-corrected chi connectivity index (χ4v) is 2.33. The first-order valence-corrected chi connectivity index (χ1v) is 8.44. The summed E-state index contributed by atoms with van der Waals surface area (Å²) in [5.74, 6) is -1.06. The van der Waals surface area contributed by atoms with Crippen molar-refractivity contribution in [3.8, 4) is 5.75 Å². The number of hydrogen-bond acceptors (Lipinski definition) is 4. The minimum absolute atomic E-state index is 0.00115. The van der Waals surface area contributed by atoms with Crippen LogP contribution in [0.4, 0.5) is 0 Å². The van der Waals surface area contributed by atoms with E-state index < -0.39 is 5.91 Å². The van der Waals surface area contributed by atoms with Crippen LogP contribution in [0.5, 0.6) is 5.75 Å². The second-order valence-electron chi connectivity index (χ2n) is 5.53. The average Bonchev–Trinajstić information content (AvgIpc) is 2.61. The van der Waals surface area contributed by atoms with E-state index >= 15 is 0 Å². The molecule has 0 saturated carbocycles. The molecule has 0 fully saturated rings. The third-order valence-electron chi connectivity index (χ3n) is 3.37. The van der Waals surface area contributed by atoms with Gasteiger partial charge in [-0.1, -0.05) is 35.3 Å². The van der Waals surface area contributed by atoms with Crippen LogP contribution in [0.15, 0.2) is 47.6 Å². The van der Waals surface area contributed by atoms with Crippen molar-refractivity contribution in [1.29, 1.82) is 0 Å². The number of amides is 2. The molecular formula is C18H17Cl2N3O3. The first-order chi connectivity index (χ1) is 12.3. The molecule has 0 aliphatic carbocycles. The number of benzene rings is 2. The highest BCUT2D eigenvalue weighted by Crippen LogP contribution is 2.21. The van der Waals surface area contributed by atoms with E-state index in [0.29, 0.717) is 22.3 Å². The molecule has 26 heavy (non-hydrogen) atoms. The summed E-state index contributed by atoms with van der Waals surface area (Å²) in [5.41, 5.74) is 3.62. The van der Waals surface area contributed by atoms with Gasteiger partial charge in [0.05, 0.1) is 12.0 Å².